The summed E-state index contributed by atoms with van der Waals surface area (Å²) in [5.41, 5.74) is 10.6. The standard InChI is InChI=1S/C45H45N3/c1-5-46(6-2)38-28-22-35(23-29-38)45(34-16-10-9-11-17-34,36-24-30-39(31-25-36)47(7-3)8-4)37-26-32-40(33-27-37)48-43-20-14-12-18-41(43)42-19-13-15-21-44(42)48/h9-33H,5-8H2,1-4H3. The molecule has 0 N–H and O–H groups in total. The molecule has 240 valence electrons. The van der Waals surface area contributed by atoms with Gasteiger partial charge in [0.05, 0.1) is 16.4 Å². The molecule has 0 aliphatic rings. The second-order valence-electron chi connectivity index (χ2n) is 12.5. The van der Waals surface area contributed by atoms with E-state index in [0.717, 1.165) is 31.9 Å². The van der Waals surface area contributed by atoms with Crippen LogP contribution in [-0.2, 0) is 5.41 Å². The lowest BCUT2D eigenvalue weighted by Crippen LogP contribution is -2.31. The first-order chi connectivity index (χ1) is 23.6. The third-order valence-electron chi connectivity index (χ3n) is 10.2. The number of hydrogen-bond acceptors (Lipinski definition) is 2. The maximum absolute atomic E-state index is 2.41. The summed E-state index contributed by atoms with van der Waals surface area (Å²) in [6.45, 7) is 12.8. The van der Waals surface area contributed by atoms with Gasteiger partial charge in [-0.25, -0.2) is 0 Å². The van der Waals surface area contributed by atoms with Gasteiger partial charge >= 0.3 is 0 Å². The number of hydrogen-bond donors (Lipinski definition) is 0. The summed E-state index contributed by atoms with van der Waals surface area (Å²) in [7, 11) is 0. The number of benzene rings is 6. The molecular weight excluding hydrogens is 583 g/mol. The molecule has 0 fully saturated rings. The average Bonchev–Trinajstić information content (AvgIpc) is 3.49. The molecule has 3 heteroatoms. The first kappa shape index (κ1) is 31.3. The number of nitrogens with zero attached hydrogens (tertiary/aromatic N) is 3. The van der Waals surface area contributed by atoms with Crippen LogP contribution in [0.1, 0.15) is 49.9 Å². The molecule has 7 aromatic rings. The fraction of sp³-hybridized carbons (Fsp3) is 0.200. The lowest BCUT2D eigenvalue weighted by atomic mass is 9.65. The van der Waals surface area contributed by atoms with Crippen LogP contribution in [0.5, 0.6) is 0 Å². The molecule has 0 saturated carbocycles. The molecule has 0 atom stereocenters. The Balaban J connectivity index is 1.46. The van der Waals surface area contributed by atoms with E-state index in [1.807, 2.05) is 0 Å². The van der Waals surface area contributed by atoms with Crippen LogP contribution in [0.25, 0.3) is 27.5 Å². The lowest BCUT2D eigenvalue weighted by Gasteiger charge is -2.37. The first-order valence-corrected chi connectivity index (χ1v) is 17.5. The molecule has 0 aliphatic heterocycles. The van der Waals surface area contributed by atoms with Gasteiger partial charge in [-0.1, -0.05) is 103 Å². The largest absolute Gasteiger partial charge is 0.372 e. The van der Waals surface area contributed by atoms with E-state index in [-0.39, 0.29) is 0 Å². The van der Waals surface area contributed by atoms with Gasteiger partial charge in [-0.3, -0.25) is 0 Å². The summed E-state index contributed by atoms with van der Waals surface area (Å²) < 4.78 is 2.40. The van der Waals surface area contributed by atoms with Crippen LogP contribution >= 0.6 is 0 Å². The minimum atomic E-state index is -0.524. The average molecular weight is 628 g/mol. The fourth-order valence-corrected chi connectivity index (χ4v) is 7.77. The Morgan fingerprint density at radius 1 is 0.396 bits per heavy atom. The zero-order chi connectivity index (χ0) is 33.1. The summed E-state index contributed by atoms with van der Waals surface area (Å²) in [6, 6.07) is 56.4. The summed E-state index contributed by atoms with van der Waals surface area (Å²) >= 11 is 0. The molecule has 0 radical (unpaired) electrons. The van der Waals surface area contributed by atoms with Gasteiger partial charge in [-0.15, -0.1) is 0 Å². The van der Waals surface area contributed by atoms with Gasteiger partial charge in [0.1, 0.15) is 0 Å². The fourth-order valence-electron chi connectivity index (χ4n) is 7.77. The van der Waals surface area contributed by atoms with Crippen molar-refractivity contribution in [3.63, 3.8) is 0 Å². The van der Waals surface area contributed by atoms with Crippen molar-refractivity contribution >= 4 is 33.2 Å². The van der Waals surface area contributed by atoms with Gasteiger partial charge in [0, 0.05) is 54.0 Å². The molecule has 0 unspecified atom stereocenters. The molecule has 6 aromatic carbocycles. The highest BCUT2D eigenvalue weighted by Crippen LogP contribution is 2.46. The highest BCUT2D eigenvalue weighted by molar-refractivity contribution is 6.09. The van der Waals surface area contributed by atoms with E-state index < -0.39 is 5.41 Å². The van der Waals surface area contributed by atoms with E-state index in [9.17, 15) is 0 Å². The van der Waals surface area contributed by atoms with E-state index in [2.05, 4.69) is 194 Å². The van der Waals surface area contributed by atoms with Crippen LogP contribution in [0.2, 0.25) is 0 Å². The van der Waals surface area contributed by atoms with Gasteiger partial charge in [-0.2, -0.15) is 0 Å². The Morgan fingerprint density at radius 2 is 0.750 bits per heavy atom. The van der Waals surface area contributed by atoms with E-state index in [1.54, 1.807) is 0 Å². The van der Waals surface area contributed by atoms with Crippen LogP contribution in [-0.4, -0.2) is 30.7 Å². The van der Waals surface area contributed by atoms with E-state index >= 15 is 0 Å². The molecule has 1 aromatic heterocycles. The van der Waals surface area contributed by atoms with Gasteiger partial charge in [0.15, 0.2) is 0 Å². The zero-order valence-electron chi connectivity index (χ0n) is 28.6. The van der Waals surface area contributed by atoms with E-state index in [4.69, 9.17) is 0 Å². The third kappa shape index (κ3) is 5.24. The van der Waals surface area contributed by atoms with Crippen molar-refractivity contribution < 1.29 is 0 Å². The lowest BCUT2D eigenvalue weighted by molar-refractivity contribution is 0.743. The van der Waals surface area contributed by atoms with Crippen LogP contribution < -0.4 is 9.80 Å². The highest BCUT2D eigenvalue weighted by atomic mass is 15.1. The van der Waals surface area contributed by atoms with Crippen LogP contribution in [0.4, 0.5) is 11.4 Å². The number of aromatic nitrogens is 1. The number of para-hydroxylation sites is 2. The molecule has 3 nitrogen and oxygen atoms in total. The number of fused-ring (bicyclic) bond motifs is 3. The van der Waals surface area contributed by atoms with Gasteiger partial charge in [0.2, 0.25) is 0 Å². The first-order valence-electron chi connectivity index (χ1n) is 17.5. The predicted molar refractivity (Wildman–Crippen MR) is 206 cm³/mol. The summed E-state index contributed by atoms with van der Waals surface area (Å²) in [6.07, 6.45) is 0. The Morgan fingerprint density at radius 3 is 1.17 bits per heavy atom. The predicted octanol–water partition coefficient (Wildman–Crippen LogP) is 10.9. The van der Waals surface area contributed by atoms with Crippen molar-refractivity contribution in [2.45, 2.75) is 33.1 Å². The molecule has 48 heavy (non-hydrogen) atoms. The van der Waals surface area contributed by atoms with E-state index in [1.165, 1.54) is 55.4 Å². The van der Waals surface area contributed by atoms with Gasteiger partial charge in [-0.05, 0) is 98.5 Å². The van der Waals surface area contributed by atoms with Crippen LogP contribution in [0.15, 0.2) is 152 Å². The summed E-state index contributed by atoms with van der Waals surface area (Å²) in [4.78, 5) is 4.82. The normalized spacial score (nSPS) is 11.7. The zero-order valence-corrected chi connectivity index (χ0v) is 28.6. The minimum Gasteiger partial charge on any atom is -0.372 e. The summed E-state index contributed by atoms with van der Waals surface area (Å²) in [5.74, 6) is 0. The Bertz CT molecular complexity index is 1990. The van der Waals surface area contributed by atoms with Crippen LogP contribution in [0, 0.1) is 0 Å². The summed E-state index contributed by atoms with van der Waals surface area (Å²) in [5, 5.41) is 2.55. The van der Waals surface area contributed by atoms with Crippen molar-refractivity contribution in [2.75, 3.05) is 36.0 Å². The molecule has 0 spiro atoms. The van der Waals surface area contributed by atoms with Crippen molar-refractivity contribution in [1.29, 1.82) is 0 Å². The Labute approximate surface area is 285 Å². The van der Waals surface area contributed by atoms with Crippen molar-refractivity contribution in [1.82, 2.24) is 4.57 Å². The second kappa shape index (κ2) is 13.4. The number of rotatable bonds is 11. The molecule has 0 saturated heterocycles. The van der Waals surface area contributed by atoms with Crippen molar-refractivity contribution in [2.24, 2.45) is 0 Å². The molecular formula is C45H45N3. The second-order valence-corrected chi connectivity index (χ2v) is 12.5. The topological polar surface area (TPSA) is 11.4 Å². The van der Waals surface area contributed by atoms with Crippen molar-refractivity contribution in [3.8, 4) is 5.69 Å². The molecule has 1 heterocycles. The quantitative estimate of drug-likeness (QED) is 0.132. The maximum Gasteiger partial charge on any atom is 0.0701 e. The van der Waals surface area contributed by atoms with Gasteiger partial charge < -0.3 is 14.4 Å². The smallest absolute Gasteiger partial charge is 0.0701 e. The minimum absolute atomic E-state index is 0.524. The molecule has 0 aliphatic carbocycles. The molecule has 0 amide bonds. The Kier molecular flexibility index (Phi) is 8.78. The number of anilines is 2. The maximum atomic E-state index is 2.41. The third-order valence-corrected chi connectivity index (χ3v) is 10.2. The van der Waals surface area contributed by atoms with Crippen molar-refractivity contribution in [3.05, 3.63) is 174 Å². The van der Waals surface area contributed by atoms with Crippen LogP contribution in [0.3, 0.4) is 0 Å². The molecule has 0 bridgehead atoms. The molecule has 7 rings (SSSR count). The highest BCUT2D eigenvalue weighted by Gasteiger charge is 2.38. The monoisotopic (exact) mass is 627 g/mol. The van der Waals surface area contributed by atoms with Gasteiger partial charge in [0.25, 0.3) is 0 Å². The Hall–Kier alpha value is -5.28. The van der Waals surface area contributed by atoms with E-state index in [0.29, 0.717) is 0 Å². The SMILES string of the molecule is CCN(CC)c1ccc(C(c2ccccc2)(c2ccc(N(CC)CC)cc2)c2ccc(-n3c4ccccc4c4ccccc43)cc2)cc1.